The summed E-state index contributed by atoms with van der Waals surface area (Å²) >= 11 is 0. The zero-order valence-electron chi connectivity index (χ0n) is 13.0. The van der Waals surface area contributed by atoms with Crippen molar-refractivity contribution < 1.29 is 14.7 Å². The maximum atomic E-state index is 12.3. The van der Waals surface area contributed by atoms with Gasteiger partial charge in [0.15, 0.2) is 5.69 Å². The van der Waals surface area contributed by atoms with Crippen molar-refractivity contribution in [2.45, 2.75) is 26.7 Å². The van der Waals surface area contributed by atoms with E-state index in [1.807, 2.05) is 13.8 Å². The number of nitrogens with one attached hydrogen (secondary N) is 1. The van der Waals surface area contributed by atoms with Crippen LogP contribution in [0.15, 0.2) is 24.3 Å². The van der Waals surface area contributed by atoms with Gasteiger partial charge in [0.05, 0.1) is 11.3 Å². The second-order valence-corrected chi connectivity index (χ2v) is 5.54. The number of carbonyl (C=O) groups is 2. The molecule has 0 saturated heterocycles. The van der Waals surface area contributed by atoms with Gasteiger partial charge in [-0.3, -0.25) is 9.48 Å². The number of aromatic nitrogens is 2. The van der Waals surface area contributed by atoms with Crippen LogP contribution in [-0.4, -0.2) is 26.8 Å². The molecule has 0 atom stereocenters. The minimum absolute atomic E-state index is 0.0633. The highest BCUT2D eigenvalue weighted by Gasteiger charge is 2.17. The predicted octanol–water partition coefficient (Wildman–Crippen LogP) is 2.80. The molecule has 0 aliphatic carbocycles. The Bertz CT molecular complexity index is 732. The first kappa shape index (κ1) is 15.8. The summed E-state index contributed by atoms with van der Waals surface area (Å²) < 4.78 is 1.66. The molecule has 22 heavy (non-hydrogen) atoms. The lowest BCUT2D eigenvalue weighted by atomic mass is 10.1. The first-order valence-electron chi connectivity index (χ1n) is 6.99. The average Bonchev–Trinajstić information content (AvgIpc) is 2.83. The Morgan fingerprint density at radius 1 is 1.27 bits per heavy atom. The number of carbonyl (C=O) groups excluding carboxylic acids is 1. The molecule has 0 spiro atoms. The van der Waals surface area contributed by atoms with Gasteiger partial charge in [-0.1, -0.05) is 25.5 Å². The zero-order valence-corrected chi connectivity index (χ0v) is 13.0. The highest BCUT2D eigenvalue weighted by Crippen LogP contribution is 2.20. The maximum Gasteiger partial charge on any atom is 0.337 e. The van der Waals surface area contributed by atoms with Gasteiger partial charge in [-0.25, -0.2) is 4.79 Å². The molecule has 6 nitrogen and oxygen atoms in total. The van der Waals surface area contributed by atoms with Gasteiger partial charge in [-0.05, 0) is 31.0 Å². The fourth-order valence-electron chi connectivity index (χ4n) is 2.26. The molecule has 116 valence electrons. The Kier molecular flexibility index (Phi) is 4.30. The van der Waals surface area contributed by atoms with Gasteiger partial charge < -0.3 is 10.4 Å². The van der Waals surface area contributed by atoms with Crippen molar-refractivity contribution >= 4 is 17.6 Å². The molecule has 1 amide bonds. The molecule has 1 aromatic heterocycles. The van der Waals surface area contributed by atoms with Gasteiger partial charge in [-0.2, -0.15) is 5.10 Å². The fraction of sp³-hybridized carbons (Fsp3) is 0.312. The van der Waals surface area contributed by atoms with E-state index in [0.29, 0.717) is 0 Å². The van der Waals surface area contributed by atoms with E-state index < -0.39 is 11.9 Å². The van der Waals surface area contributed by atoms with Crippen LogP contribution in [0.2, 0.25) is 0 Å². The molecule has 0 aliphatic rings. The summed E-state index contributed by atoms with van der Waals surface area (Å²) in [5.41, 5.74) is 2.35. The van der Waals surface area contributed by atoms with Crippen molar-refractivity contribution in [1.29, 1.82) is 0 Å². The van der Waals surface area contributed by atoms with Crippen LogP contribution in [0.3, 0.4) is 0 Å². The van der Waals surface area contributed by atoms with Crippen molar-refractivity contribution in [3.8, 4) is 0 Å². The second kappa shape index (κ2) is 6.01. The van der Waals surface area contributed by atoms with E-state index >= 15 is 0 Å². The highest BCUT2D eigenvalue weighted by atomic mass is 16.4. The van der Waals surface area contributed by atoms with Crippen molar-refractivity contribution in [2.75, 3.05) is 5.32 Å². The van der Waals surface area contributed by atoms with Crippen molar-refractivity contribution in [3.05, 3.63) is 46.8 Å². The number of hydrogen-bond acceptors (Lipinski definition) is 3. The predicted molar refractivity (Wildman–Crippen MR) is 83.4 cm³/mol. The van der Waals surface area contributed by atoms with E-state index in [1.165, 1.54) is 6.07 Å². The summed E-state index contributed by atoms with van der Waals surface area (Å²) in [6, 6.07) is 6.58. The number of hydrogen-bond donors (Lipinski definition) is 2. The Morgan fingerprint density at radius 2 is 1.95 bits per heavy atom. The van der Waals surface area contributed by atoms with E-state index in [9.17, 15) is 14.7 Å². The largest absolute Gasteiger partial charge is 0.478 e. The minimum atomic E-state index is -1.08. The smallest absolute Gasteiger partial charge is 0.337 e. The SMILES string of the molecule is Cc1ccc(NC(=O)c2cc(C(C)C)n(C)n2)c(C(=O)O)c1. The van der Waals surface area contributed by atoms with E-state index in [-0.39, 0.29) is 22.9 Å². The van der Waals surface area contributed by atoms with Crippen LogP contribution in [0.1, 0.15) is 51.9 Å². The normalized spacial score (nSPS) is 10.8. The average molecular weight is 301 g/mol. The lowest BCUT2D eigenvalue weighted by molar-refractivity contribution is 0.0698. The molecular weight excluding hydrogens is 282 g/mol. The van der Waals surface area contributed by atoms with Gasteiger partial charge in [0.2, 0.25) is 0 Å². The Hall–Kier alpha value is -2.63. The first-order valence-corrected chi connectivity index (χ1v) is 6.99. The van der Waals surface area contributed by atoms with Crippen molar-refractivity contribution in [2.24, 2.45) is 7.05 Å². The third kappa shape index (κ3) is 3.16. The lowest BCUT2D eigenvalue weighted by Crippen LogP contribution is -2.15. The molecular formula is C16H19N3O3. The molecule has 0 fully saturated rings. The summed E-state index contributed by atoms with van der Waals surface area (Å²) in [5, 5.41) is 16.0. The minimum Gasteiger partial charge on any atom is -0.478 e. The van der Waals surface area contributed by atoms with Crippen LogP contribution in [0.5, 0.6) is 0 Å². The van der Waals surface area contributed by atoms with Gasteiger partial charge in [-0.15, -0.1) is 0 Å². The third-order valence-electron chi connectivity index (χ3n) is 3.39. The second-order valence-electron chi connectivity index (χ2n) is 5.54. The fourth-order valence-corrected chi connectivity index (χ4v) is 2.26. The number of aryl methyl sites for hydroxylation is 2. The molecule has 0 unspecified atom stereocenters. The molecule has 2 aromatic rings. The molecule has 0 bridgehead atoms. The van der Waals surface area contributed by atoms with Crippen LogP contribution in [-0.2, 0) is 7.05 Å². The Morgan fingerprint density at radius 3 is 2.50 bits per heavy atom. The summed E-state index contributed by atoms with van der Waals surface area (Å²) in [4.78, 5) is 23.6. The quantitative estimate of drug-likeness (QED) is 0.909. The number of amides is 1. The highest BCUT2D eigenvalue weighted by molar-refractivity contribution is 6.06. The van der Waals surface area contributed by atoms with Gasteiger partial charge in [0.1, 0.15) is 0 Å². The first-order chi connectivity index (χ1) is 10.3. The van der Waals surface area contributed by atoms with E-state index in [0.717, 1.165) is 11.3 Å². The van der Waals surface area contributed by atoms with Crippen molar-refractivity contribution in [1.82, 2.24) is 9.78 Å². The molecule has 0 radical (unpaired) electrons. The summed E-state index contributed by atoms with van der Waals surface area (Å²) in [7, 11) is 1.78. The standard InChI is InChI=1S/C16H19N3O3/c1-9(2)14-8-13(18-19(14)4)15(20)17-12-6-5-10(3)7-11(12)16(21)22/h5-9H,1-4H3,(H,17,20)(H,21,22). The zero-order chi connectivity index (χ0) is 16.4. The number of carboxylic acid groups (broad SMARTS) is 1. The van der Waals surface area contributed by atoms with Gasteiger partial charge >= 0.3 is 5.97 Å². The monoisotopic (exact) mass is 301 g/mol. The number of rotatable bonds is 4. The number of aromatic carboxylic acids is 1. The summed E-state index contributed by atoms with van der Waals surface area (Å²) in [6.07, 6.45) is 0. The molecule has 0 aliphatic heterocycles. The molecule has 1 aromatic carbocycles. The van der Waals surface area contributed by atoms with Crippen LogP contribution in [0.4, 0.5) is 5.69 Å². The molecule has 6 heteroatoms. The van der Waals surface area contributed by atoms with Crippen LogP contribution in [0.25, 0.3) is 0 Å². The van der Waals surface area contributed by atoms with Crippen molar-refractivity contribution in [3.63, 3.8) is 0 Å². The molecule has 2 rings (SSSR count). The van der Waals surface area contributed by atoms with E-state index in [2.05, 4.69) is 10.4 Å². The van der Waals surface area contributed by atoms with E-state index in [4.69, 9.17) is 0 Å². The topological polar surface area (TPSA) is 84.2 Å². The van der Waals surface area contributed by atoms with E-state index in [1.54, 1.807) is 36.9 Å². The number of anilines is 1. The molecule has 2 N–H and O–H groups in total. The third-order valence-corrected chi connectivity index (χ3v) is 3.39. The summed E-state index contributed by atoms with van der Waals surface area (Å²) in [5.74, 6) is -1.26. The Balaban J connectivity index is 2.30. The molecule has 1 heterocycles. The van der Waals surface area contributed by atoms with Gasteiger partial charge in [0.25, 0.3) is 5.91 Å². The van der Waals surface area contributed by atoms with Crippen LogP contribution >= 0.6 is 0 Å². The maximum absolute atomic E-state index is 12.3. The summed E-state index contributed by atoms with van der Waals surface area (Å²) in [6.45, 7) is 5.83. The molecule has 0 saturated carbocycles. The number of benzene rings is 1. The lowest BCUT2D eigenvalue weighted by Gasteiger charge is -2.08. The van der Waals surface area contributed by atoms with Gasteiger partial charge in [0, 0.05) is 12.7 Å². The number of nitrogens with zero attached hydrogens (tertiary/aromatic N) is 2. The Labute approximate surface area is 128 Å². The number of carboxylic acids is 1. The van der Waals surface area contributed by atoms with Crippen LogP contribution < -0.4 is 5.32 Å². The van der Waals surface area contributed by atoms with Crippen LogP contribution in [0, 0.1) is 6.92 Å².